The lowest BCUT2D eigenvalue weighted by molar-refractivity contribution is -0.704. The SMILES string of the molecule is CC[N+]1(C(=O)n2ccnc2)C=NC(Cc2ccccc2)=C1C. The topological polar surface area (TPSA) is 47.2 Å². The predicted molar refractivity (Wildman–Crippen MR) is 85.2 cm³/mol. The molecule has 0 saturated heterocycles. The summed E-state index contributed by atoms with van der Waals surface area (Å²) in [4.78, 5) is 21.3. The van der Waals surface area contributed by atoms with Gasteiger partial charge in [0.15, 0.2) is 0 Å². The second-order valence-corrected chi connectivity index (χ2v) is 5.38. The number of benzene rings is 1. The molecule has 0 aliphatic carbocycles. The Kier molecular flexibility index (Phi) is 3.73. The van der Waals surface area contributed by atoms with Gasteiger partial charge in [-0.15, -0.1) is 0 Å². The maximum atomic E-state index is 12.8. The Morgan fingerprint density at radius 1 is 1.27 bits per heavy atom. The number of carbonyl (C=O) groups is 1. The molecule has 1 amide bonds. The minimum absolute atomic E-state index is 0.0516. The Morgan fingerprint density at radius 2 is 2.05 bits per heavy atom. The highest BCUT2D eigenvalue weighted by molar-refractivity contribution is 5.80. The minimum atomic E-state index is -0.0516. The number of hydrogen-bond donors (Lipinski definition) is 0. The van der Waals surface area contributed by atoms with E-state index in [1.165, 1.54) is 16.5 Å². The molecule has 0 bridgehead atoms. The molecule has 0 fully saturated rings. The van der Waals surface area contributed by atoms with Gasteiger partial charge in [-0.3, -0.25) is 0 Å². The van der Waals surface area contributed by atoms with Crippen LogP contribution in [-0.4, -0.2) is 32.9 Å². The first-order chi connectivity index (χ1) is 10.7. The Labute approximate surface area is 129 Å². The molecular weight excluding hydrogens is 276 g/mol. The molecule has 1 aliphatic rings. The average molecular weight is 295 g/mol. The minimum Gasteiger partial charge on any atom is -0.245 e. The van der Waals surface area contributed by atoms with Crippen molar-refractivity contribution in [3.63, 3.8) is 0 Å². The van der Waals surface area contributed by atoms with Crippen LogP contribution >= 0.6 is 0 Å². The third kappa shape index (κ3) is 2.29. The number of carbonyl (C=O) groups excluding carboxylic acids is 1. The van der Waals surface area contributed by atoms with Crippen LogP contribution in [0.25, 0.3) is 0 Å². The fraction of sp³-hybridized carbons (Fsp3) is 0.235. The van der Waals surface area contributed by atoms with Gasteiger partial charge in [0.05, 0.1) is 6.54 Å². The van der Waals surface area contributed by atoms with Crippen molar-refractivity contribution in [2.45, 2.75) is 20.3 Å². The summed E-state index contributed by atoms with van der Waals surface area (Å²) in [5, 5.41) is 0. The summed E-state index contributed by atoms with van der Waals surface area (Å²) in [6, 6.07) is 10.1. The van der Waals surface area contributed by atoms with E-state index in [1.54, 1.807) is 18.7 Å². The number of quaternary nitrogens is 1. The van der Waals surface area contributed by atoms with Crippen LogP contribution in [-0.2, 0) is 6.42 Å². The van der Waals surface area contributed by atoms with Gasteiger partial charge in [0.2, 0.25) is 6.34 Å². The van der Waals surface area contributed by atoms with Gasteiger partial charge in [0, 0.05) is 25.7 Å². The van der Waals surface area contributed by atoms with Crippen molar-refractivity contribution in [1.82, 2.24) is 9.55 Å². The lowest BCUT2D eigenvalue weighted by Gasteiger charge is -2.26. The summed E-state index contributed by atoms with van der Waals surface area (Å²) in [6.07, 6.45) is 7.31. The Hall–Kier alpha value is -2.53. The first-order valence-corrected chi connectivity index (χ1v) is 7.37. The van der Waals surface area contributed by atoms with E-state index in [2.05, 4.69) is 22.1 Å². The second kappa shape index (κ2) is 5.69. The van der Waals surface area contributed by atoms with Crippen LogP contribution in [0.1, 0.15) is 19.4 Å². The van der Waals surface area contributed by atoms with Crippen LogP contribution in [0, 0.1) is 0 Å². The van der Waals surface area contributed by atoms with E-state index >= 15 is 0 Å². The summed E-state index contributed by atoms with van der Waals surface area (Å²) < 4.78 is 1.64. The van der Waals surface area contributed by atoms with E-state index in [4.69, 9.17) is 0 Å². The van der Waals surface area contributed by atoms with Crippen LogP contribution in [0.4, 0.5) is 4.79 Å². The molecular formula is C17H19N4O+. The Morgan fingerprint density at radius 3 is 2.68 bits per heavy atom. The van der Waals surface area contributed by atoms with Crippen molar-refractivity contribution in [2.24, 2.45) is 4.99 Å². The third-order valence-electron chi connectivity index (χ3n) is 4.21. The number of allylic oxidation sites excluding steroid dienone is 2. The van der Waals surface area contributed by atoms with Crippen molar-refractivity contribution < 1.29 is 9.28 Å². The fourth-order valence-corrected chi connectivity index (χ4v) is 2.77. The van der Waals surface area contributed by atoms with Gasteiger partial charge in [-0.25, -0.2) is 19.3 Å². The molecule has 5 nitrogen and oxygen atoms in total. The number of imidazole rings is 1. The van der Waals surface area contributed by atoms with Crippen molar-refractivity contribution in [3.8, 4) is 0 Å². The van der Waals surface area contributed by atoms with E-state index in [-0.39, 0.29) is 10.5 Å². The summed E-state index contributed by atoms with van der Waals surface area (Å²) in [5.74, 6) is 0. The van der Waals surface area contributed by atoms with Crippen LogP contribution < -0.4 is 0 Å². The van der Waals surface area contributed by atoms with Gasteiger partial charge >= 0.3 is 6.03 Å². The number of aromatic nitrogens is 2. The summed E-state index contributed by atoms with van der Waals surface area (Å²) >= 11 is 0. The zero-order valence-electron chi connectivity index (χ0n) is 12.8. The Balaban J connectivity index is 1.94. The van der Waals surface area contributed by atoms with Crippen LogP contribution in [0.5, 0.6) is 0 Å². The molecule has 0 radical (unpaired) electrons. The maximum absolute atomic E-state index is 12.8. The molecule has 0 saturated carbocycles. The molecule has 5 heteroatoms. The maximum Gasteiger partial charge on any atom is 0.439 e. The molecule has 1 aromatic carbocycles. The van der Waals surface area contributed by atoms with Crippen LogP contribution in [0.2, 0.25) is 0 Å². The zero-order valence-corrected chi connectivity index (χ0v) is 12.8. The van der Waals surface area contributed by atoms with E-state index in [0.717, 1.165) is 17.8 Å². The smallest absolute Gasteiger partial charge is 0.245 e. The van der Waals surface area contributed by atoms with E-state index in [0.29, 0.717) is 6.54 Å². The highest BCUT2D eigenvalue weighted by atomic mass is 16.2. The number of aliphatic imine (C=N–C) groups is 1. The molecule has 1 unspecified atom stereocenters. The van der Waals surface area contributed by atoms with Crippen LogP contribution in [0.15, 0.2) is 65.4 Å². The molecule has 2 heterocycles. The summed E-state index contributed by atoms with van der Waals surface area (Å²) in [5.41, 5.74) is 3.13. The molecule has 0 spiro atoms. The molecule has 2 aromatic rings. The summed E-state index contributed by atoms with van der Waals surface area (Å²) in [7, 11) is 0. The molecule has 112 valence electrons. The zero-order chi connectivity index (χ0) is 15.6. The first-order valence-electron chi connectivity index (χ1n) is 7.37. The van der Waals surface area contributed by atoms with Crippen LogP contribution in [0.3, 0.4) is 0 Å². The normalized spacial score (nSPS) is 20.6. The lowest BCUT2D eigenvalue weighted by Crippen LogP contribution is -2.50. The molecule has 1 aromatic heterocycles. The van der Waals surface area contributed by atoms with Gasteiger partial charge in [-0.1, -0.05) is 30.3 Å². The Bertz CT molecular complexity index is 731. The van der Waals surface area contributed by atoms with E-state index in [9.17, 15) is 4.79 Å². The number of nitrogens with zero attached hydrogens (tertiary/aromatic N) is 4. The van der Waals surface area contributed by atoms with E-state index in [1.807, 2.05) is 32.0 Å². The highest BCUT2D eigenvalue weighted by Gasteiger charge is 2.43. The van der Waals surface area contributed by atoms with Gasteiger partial charge in [-0.05, 0) is 12.5 Å². The highest BCUT2D eigenvalue weighted by Crippen LogP contribution is 2.29. The molecule has 3 rings (SSSR count). The second-order valence-electron chi connectivity index (χ2n) is 5.38. The molecule has 22 heavy (non-hydrogen) atoms. The largest absolute Gasteiger partial charge is 0.439 e. The van der Waals surface area contributed by atoms with Crippen molar-refractivity contribution in [1.29, 1.82) is 0 Å². The fourth-order valence-electron chi connectivity index (χ4n) is 2.77. The third-order valence-corrected chi connectivity index (χ3v) is 4.21. The average Bonchev–Trinajstić information content (AvgIpc) is 3.18. The molecule has 1 atom stereocenters. The number of hydrogen-bond acceptors (Lipinski definition) is 3. The van der Waals surface area contributed by atoms with Gasteiger partial charge in [0.1, 0.15) is 17.7 Å². The molecule has 0 N–H and O–H groups in total. The van der Waals surface area contributed by atoms with E-state index < -0.39 is 0 Å². The predicted octanol–water partition coefficient (Wildman–Crippen LogP) is 3.20. The first kappa shape index (κ1) is 14.4. The quantitative estimate of drug-likeness (QED) is 0.816. The lowest BCUT2D eigenvalue weighted by atomic mass is 10.1. The monoisotopic (exact) mass is 295 g/mol. The van der Waals surface area contributed by atoms with Gasteiger partial charge < -0.3 is 0 Å². The van der Waals surface area contributed by atoms with Gasteiger partial charge in [0.25, 0.3) is 0 Å². The summed E-state index contributed by atoms with van der Waals surface area (Å²) in [6.45, 7) is 4.62. The van der Waals surface area contributed by atoms with Crippen molar-refractivity contribution >= 4 is 12.4 Å². The number of rotatable bonds is 3. The van der Waals surface area contributed by atoms with Crippen molar-refractivity contribution in [3.05, 3.63) is 66.0 Å². The standard InChI is InChI=1S/C17H19N4O/c1-3-21(17(22)20-10-9-18-12-20)13-19-16(14(21)2)11-15-7-5-4-6-8-15/h4-10,12-13H,3,11H2,1-2H3/q+1. The molecule has 1 aliphatic heterocycles. The van der Waals surface area contributed by atoms with Crippen molar-refractivity contribution in [2.75, 3.05) is 6.54 Å². The number of amides is 1. The van der Waals surface area contributed by atoms with Gasteiger partial charge in [-0.2, -0.15) is 4.48 Å².